The van der Waals surface area contributed by atoms with Gasteiger partial charge in [0, 0.05) is 31.2 Å². The lowest BCUT2D eigenvalue weighted by Gasteiger charge is -2.46. The molecule has 0 unspecified atom stereocenters. The number of nitrogens with zero attached hydrogens (tertiary/aromatic N) is 5. The van der Waals surface area contributed by atoms with Crippen molar-refractivity contribution < 1.29 is 28.1 Å². The molecule has 0 amide bonds. The van der Waals surface area contributed by atoms with Gasteiger partial charge in [-0.05, 0) is 62.1 Å². The molecule has 1 aliphatic carbocycles. The number of anilines is 1. The Morgan fingerprint density at radius 2 is 1.87 bits per heavy atom. The number of halogens is 3. The van der Waals surface area contributed by atoms with Crippen molar-refractivity contribution in [2.45, 2.75) is 109 Å². The number of imidazole rings is 1. The smallest absolute Gasteiger partial charge is 0.387 e. The number of aliphatic hydroxyl groups excluding tert-OH is 2. The van der Waals surface area contributed by atoms with Gasteiger partial charge in [-0.25, -0.2) is 15.0 Å². The number of aromatic nitrogens is 5. The zero-order chi connectivity index (χ0) is 32.4. The molecule has 1 aromatic carbocycles. The summed E-state index contributed by atoms with van der Waals surface area (Å²) in [4.78, 5) is 18.3. The molecule has 2 fully saturated rings. The first-order valence-electron chi connectivity index (χ1n) is 15.6. The molecule has 1 saturated heterocycles. The predicted octanol–water partition coefficient (Wildman–Crippen LogP) is 4.95. The number of nitrogens with two attached hydrogens (primary N) is 1. The normalized spacial score (nSPS) is 26.0. The summed E-state index contributed by atoms with van der Waals surface area (Å²) in [5, 5.41) is 21.5. The van der Waals surface area contributed by atoms with Gasteiger partial charge >= 0.3 is 6.18 Å². The first-order chi connectivity index (χ1) is 21.1. The Labute approximate surface area is 259 Å². The molecule has 4 atom stereocenters. The maximum atomic E-state index is 13.8. The van der Waals surface area contributed by atoms with Crippen molar-refractivity contribution in [2.24, 2.45) is 5.92 Å². The number of nitrogens with one attached hydrogen (secondary N) is 1. The zero-order valence-electron chi connectivity index (χ0n) is 26.2. The van der Waals surface area contributed by atoms with E-state index in [2.05, 4.69) is 72.7 Å². The first-order valence-corrected chi connectivity index (χ1v) is 15.6. The molecule has 10 nitrogen and oxygen atoms in total. The van der Waals surface area contributed by atoms with E-state index in [1.807, 2.05) is 0 Å². The number of hydrogen-bond donors (Lipinski definition) is 4. The maximum Gasteiger partial charge on any atom is 0.418 e. The van der Waals surface area contributed by atoms with Crippen LogP contribution in [0, 0.1) is 5.92 Å². The number of ether oxygens (including phenoxy) is 1. The van der Waals surface area contributed by atoms with E-state index in [0.29, 0.717) is 12.5 Å². The van der Waals surface area contributed by atoms with E-state index in [4.69, 9.17) is 15.5 Å². The summed E-state index contributed by atoms with van der Waals surface area (Å²) < 4.78 is 48.7. The molecule has 1 aliphatic heterocycles. The summed E-state index contributed by atoms with van der Waals surface area (Å²) in [6.45, 7) is 11.0. The second-order valence-electron chi connectivity index (χ2n) is 13.9. The number of rotatable bonds is 8. The van der Waals surface area contributed by atoms with Gasteiger partial charge in [0.1, 0.15) is 41.9 Å². The van der Waals surface area contributed by atoms with E-state index in [9.17, 15) is 23.4 Å². The first kappa shape index (κ1) is 31.7. The van der Waals surface area contributed by atoms with Crippen LogP contribution in [0.25, 0.3) is 22.1 Å². The van der Waals surface area contributed by atoms with Crippen molar-refractivity contribution in [3.63, 3.8) is 0 Å². The third-order valence-electron chi connectivity index (χ3n) is 9.48. The molecule has 4 heterocycles. The molecule has 244 valence electrons. The van der Waals surface area contributed by atoms with Crippen LogP contribution >= 0.6 is 0 Å². The second-order valence-corrected chi connectivity index (χ2v) is 13.9. The summed E-state index contributed by atoms with van der Waals surface area (Å²) in [6.07, 6.45) is -3.87. The summed E-state index contributed by atoms with van der Waals surface area (Å²) in [6, 6.07) is 6.81. The number of H-pyrrole nitrogens is 1. The molecule has 3 aromatic heterocycles. The molecule has 4 aromatic rings. The number of aliphatic hydroxyl groups is 2. The number of hydrogen-bond acceptors (Lipinski definition) is 8. The molecular formula is C32H42F3N7O3. The molecule has 45 heavy (non-hydrogen) atoms. The van der Waals surface area contributed by atoms with Crippen molar-refractivity contribution in [3.8, 4) is 0 Å². The highest BCUT2D eigenvalue weighted by molar-refractivity contribution is 5.90. The lowest BCUT2D eigenvalue weighted by molar-refractivity contribution is -0.136. The Morgan fingerprint density at radius 3 is 2.53 bits per heavy atom. The van der Waals surface area contributed by atoms with E-state index < -0.39 is 36.3 Å². The standard InChI is InChI=1S/C32H42F3N7O3/c1-16(2)41(19-10-17(11-19)6-9-24-39-21-8-7-18(31(3,4)5)12-22(21)40-24)14-23-26(43)27(44)30(45-23)42-13-20(32(33,34)35)25-28(36)37-15-38-29(25)42/h7-8,12-13,15-17,19,23,26-27,30,43-44H,6,9-11,14H2,1-5H3,(H,39,40)(H2,36,37,38)/t17?,19?,23-,26-,27-,30-/m1/s1. The fraction of sp³-hybridized carbons (Fsp3) is 0.594. The van der Waals surface area contributed by atoms with Crippen LogP contribution in [-0.2, 0) is 22.7 Å². The number of benzene rings is 1. The Bertz CT molecular complexity index is 1670. The highest BCUT2D eigenvalue weighted by Gasteiger charge is 2.48. The van der Waals surface area contributed by atoms with Gasteiger partial charge in [-0.1, -0.05) is 26.8 Å². The van der Waals surface area contributed by atoms with Gasteiger partial charge < -0.3 is 30.2 Å². The maximum absolute atomic E-state index is 13.8. The molecule has 5 N–H and O–H groups in total. The molecule has 0 bridgehead atoms. The minimum absolute atomic E-state index is 0.0614. The number of alkyl halides is 3. The van der Waals surface area contributed by atoms with Crippen molar-refractivity contribution >= 4 is 27.9 Å². The lowest BCUT2D eigenvalue weighted by atomic mass is 9.76. The van der Waals surface area contributed by atoms with E-state index in [1.165, 1.54) is 5.56 Å². The average molecular weight is 630 g/mol. The molecule has 1 saturated carbocycles. The molecule has 0 spiro atoms. The average Bonchev–Trinajstić information content (AvgIpc) is 3.60. The van der Waals surface area contributed by atoms with E-state index >= 15 is 0 Å². The third kappa shape index (κ3) is 6.02. The molecule has 6 rings (SSSR count). The van der Waals surface area contributed by atoms with Gasteiger partial charge in [0.05, 0.1) is 22.0 Å². The van der Waals surface area contributed by atoms with Crippen LogP contribution in [0.2, 0.25) is 0 Å². The van der Waals surface area contributed by atoms with E-state index in [-0.39, 0.29) is 34.3 Å². The number of fused-ring (bicyclic) bond motifs is 2. The van der Waals surface area contributed by atoms with Crippen molar-refractivity contribution in [3.05, 3.63) is 47.7 Å². The largest absolute Gasteiger partial charge is 0.418 e. The SMILES string of the molecule is CC(C)N(C[C@H]1O[C@@H](n2cc(C(F)(F)F)c3c(N)ncnc32)[C@H](O)[C@@H]1O)C1CC(CCc2nc3cc(C(C)(C)C)ccc3[nH]2)C1. The quantitative estimate of drug-likeness (QED) is 0.215. The number of aryl methyl sites for hydroxylation is 1. The minimum atomic E-state index is -4.72. The van der Waals surface area contributed by atoms with Gasteiger partial charge in [0.15, 0.2) is 6.23 Å². The monoisotopic (exact) mass is 629 g/mol. The molecular weight excluding hydrogens is 587 g/mol. The summed E-state index contributed by atoms with van der Waals surface area (Å²) >= 11 is 0. The van der Waals surface area contributed by atoms with E-state index in [0.717, 1.165) is 59.6 Å². The summed E-state index contributed by atoms with van der Waals surface area (Å²) in [7, 11) is 0. The molecule has 0 radical (unpaired) electrons. The number of nitrogen functional groups attached to an aromatic ring is 1. The Morgan fingerprint density at radius 1 is 1.13 bits per heavy atom. The van der Waals surface area contributed by atoms with Gasteiger partial charge in [-0.2, -0.15) is 13.2 Å². The van der Waals surface area contributed by atoms with E-state index in [1.54, 1.807) is 0 Å². The van der Waals surface area contributed by atoms with Gasteiger partial charge in [0.25, 0.3) is 0 Å². The Kier molecular flexibility index (Phi) is 8.12. The van der Waals surface area contributed by atoms with Gasteiger partial charge in [-0.3, -0.25) is 4.90 Å². The van der Waals surface area contributed by atoms with Crippen LogP contribution in [0.5, 0.6) is 0 Å². The molecule has 13 heteroatoms. The van der Waals surface area contributed by atoms with Crippen LogP contribution in [0.15, 0.2) is 30.7 Å². The molecule has 2 aliphatic rings. The second kappa shape index (κ2) is 11.5. The Hall–Kier alpha value is -3.26. The zero-order valence-corrected chi connectivity index (χ0v) is 26.2. The highest BCUT2D eigenvalue weighted by Crippen LogP contribution is 2.42. The van der Waals surface area contributed by atoms with Crippen LogP contribution in [0.3, 0.4) is 0 Å². The van der Waals surface area contributed by atoms with Gasteiger partial charge in [-0.15, -0.1) is 0 Å². The predicted molar refractivity (Wildman–Crippen MR) is 164 cm³/mol. The van der Waals surface area contributed by atoms with Crippen LogP contribution in [0.4, 0.5) is 19.0 Å². The van der Waals surface area contributed by atoms with Crippen molar-refractivity contribution in [2.75, 3.05) is 12.3 Å². The third-order valence-corrected chi connectivity index (χ3v) is 9.48. The Balaban J connectivity index is 1.09. The van der Waals surface area contributed by atoms with Crippen LogP contribution < -0.4 is 5.73 Å². The number of aromatic amines is 1. The van der Waals surface area contributed by atoms with Gasteiger partial charge in [0.2, 0.25) is 0 Å². The van der Waals surface area contributed by atoms with Crippen molar-refractivity contribution in [1.29, 1.82) is 0 Å². The minimum Gasteiger partial charge on any atom is -0.387 e. The topological polar surface area (TPSA) is 138 Å². The highest BCUT2D eigenvalue weighted by atomic mass is 19.4. The summed E-state index contributed by atoms with van der Waals surface area (Å²) in [5.41, 5.74) is 8.00. The van der Waals surface area contributed by atoms with Crippen molar-refractivity contribution in [1.82, 2.24) is 29.4 Å². The fourth-order valence-electron chi connectivity index (χ4n) is 6.81. The lowest BCUT2D eigenvalue weighted by Crippen LogP contribution is -2.52. The van der Waals surface area contributed by atoms with Crippen LogP contribution in [0.1, 0.15) is 77.1 Å². The van der Waals surface area contributed by atoms with Crippen LogP contribution in [-0.4, -0.2) is 76.6 Å². The fourth-order valence-corrected chi connectivity index (χ4v) is 6.81. The summed E-state index contributed by atoms with van der Waals surface area (Å²) in [5.74, 6) is 1.19.